The molecule has 1 aromatic carbocycles. The van der Waals surface area contributed by atoms with E-state index in [0.29, 0.717) is 17.1 Å². The predicted octanol–water partition coefficient (Wildman–Crippen LogP) is 5.09. The molecule has 1 aromatic rings. The Morgan fingerprint density at radius 2 is 1.27 bits per heavy atom. The van der Waals surface area contributed by atoms with Crippen LogP contribution in [0.15, 0.2) is 53.5 Å². The number of anilines is 1. The zero-order chi connectivity index (χ0) is 22.3. The highest BCUT2D eigenvalue weighted by atomic mass is 16.7. The molecule has 0 unspecified atom stereocenters. The maximum Gasteiger partial charge on any atom is 0.515 e. The van der Waals surface area contributed by atoms with Gasteiger partial charge in [0.15, 0.2) is 0 Å². The van der Waals surface area contributed by atoms with Crippen LogP contribution in [0.4, 0.5) is 15.3 Å². The molecule has 0 bridgehead atoms. The number of nitrogens with zero attached hydrogens (tertiary/aromatic N) is 1. The molecule has 0 amide bonds. The van der Waals surface area contributed by atoms with Crippen molar-refractivity contribution in [1.29, 1.82) is 0 Å². The first kappa shape index (κ1) is 23.1. The van der Waals surface area contributed by atoms with Crippen molar-refractivity contribution in [2.75, 3.05) is 18.1 Å². The lowest BCUT2D eigenvalue weighted by molar-refractivity contribution is 0.0566. The molecule has 0 saturated heterocycles. The summed E-state index contributed by atoms with van der Waals surface area (Å²) < 4.78 is 21.3. The standard InChI is InChI=1S/C22H30N2O6/c1-14(2)12-27-21(25)29-19-16(5)23-17(6)20(30-22(26)28-13-15(3)4)24(19)18-10-8-7-9-11-18/h7-11,14-15,23H,12-13H2,1-6H3. The Bertz CT molecular complexity index is 766. The Hall–Kier alpha value is -3.16. The number of benzene rings is 1. The van der Waals surface area contributed by atoms with Gasteiger partial charge in [-0.25, -0.2) is 14.5 Å². The average molecular weight is 418 g/mol. The zero-order valence-electron chi connectivity index (χ0n) is 18.4. The summed E-state index contributed by atoms with van der Waals surface area (Å²) in [6.07, 6.45) is -1.69. The molecule has 30 heavy (non-hydrogen) atoms. The molecule has 8 heteroatoms. The molecule has 1 N–H and O–H groups in total. The molecule has 0 atom stereocenters. The van der Waals surface area contributed by atoms with Gasteiger partial charge in [-0.1, -0.05) is 45.9 Å². The summed E-state index contributed by atoms with van der Waals surface area (Å²) in [5, 5.41) is 3.07. The number of ether oxygens (including phenoxy) is 4. The molecule has 0 saturated carbocycles. The number of nitrogens with one attached hydrogen (secondary N) is 1. The molecule has 164 valence electrons. The summed E-state index contributed by atoms with van der Waals surface area (Å²) in [7, 11) is 0. The van der Waals surface area contributed by atoms with Crippen molar-refractivity contribution in [3.63, 3.8) is 0 Å². The lowest BCUT2D eigenvalue weighted by Gasteiger charge is -2.33. The number of allylic oxidation sites excluding steroid dienone is 2. The van der Waals surface area contributed by atoms with Crippen LogP contribution in [-0.4, -0.2) is 25.5 Å². The molecule has 0 aromatic heterocycles. The number of hydrogen-bond acceptors (Lipinski definition) is 8. The molecule has 0 fully saturated rings. The summed E-state index contributed by atoms with van der Waals surface area (Å²) in [6.45, 7) is 11.7. The van der Waals surface area contributed by atoms with Gasteiger partial charge >= 0.3 is 12.3 Å². The highest BCUT2D eigenvalue weighted by molar-refractivity contribution is 5.68. The van der Waals surface area contributed by atoms with E-state index in [2.05, 4.69) is 5.32 Å². The summed E-state index contributed by atoms with van der Waals surface area (Å²) in [6, 6.07) is 9.11. The number of hydrogen-bond donors (Lipinski definition) is 1. The summed E-state index contributed by atoms with van der Waals surface area (Å²) in [4.78, 5) is 26.0. The zero-order valence-corrected chi connectivity index (χ0v) is 18.4. The van der Waals surface area contributed by atoms with Crippen molar-refractivity contribution >= 4 is 18.0 Å². The smallest absolute Gasteiger partial charge is 0.434 e. The third kappa shape index (κ3) is 6.43. The van der Waals surface area contributed by atoms with Crippen LogP contribution in [0, 0.1) is 11.8 Å². The quantitative estimate of drug-likeness (QED) is 0.613. The first-order valence-electron chi connectivity index (χ1n) is 9.92. The fraction of sp³-hybridized carbons (Fsp3) is 0.455. The topological polar surface area (TPSA) is 86.3 Å². The van der Waals surface area contributed by atoms with E-state index in [0.717, 1.165) is 0 Å². The van der Waals surface area contributed by atoms with Gasteiger partial charge in [0.05, 0.1) is 30.3 Å². The highest BCUT2D eigenvalue weighted by Crippen LogP contribution is 2.32. The summed E-state index contributed by atoms with van der Waals surface area (Å²) in [5.41, 5.74) is 1.75. The maximum atomic E-state index is 12.2. The van der Waals surface area contributed by atoms with E-state index in [-0.39, 0.29) is 36.8 Å². The molecule has 1 aliphatic heterocycles. The van der Waals surface area contributed by atoms with Gasteiger partial charge in [0.25, 0.3) is 0 Å². The van der Waals surface area contributed by atoms with Crippen LogP contribution in [0.2, 0.25) is 0 Å². The monoisotopic (exact) mass is 418 g/mol. The van der Waals surface area contributed by atoms with E-state index in [1.54, 1.807) is 26.0 Å². The van der Waals surface area contributed by atoms with E-state index in [1.807, 2.05) is 45.9 Å². The Balaban J connectivity index is 2.32. The summed E-state index contributed by atoms with van der Waals surface area (Å²) >= 11 is 0. The normalized spacial score (nSPS) is 14.1. The van der Waals surface area contributed by atoms with Crippen molar-refractivity contribution in [3.05, 3.63) is 53.5 Å². The van der Waals surface area contributed by atoms with Gasteiger partial charge in [-0.3, -0.25) is 0 Å². The largest absolute Gasteiger partial charge is 0.515 e. The van der Waals surface area contributed by atoms with Crippen molar-refractivity contribution in [2.45, 2.75) is 41.5 Å². The Morgan fingerprint density at radius 3 is 1.67 bits per heavy atom. The second kappa shape index (κ2) is 10.6. The minimum Gasteiger partial charge on any atom is -0.434 e. The van der Waals surface area contributed by atoms with Crippen LogP contribution >= 0.6 is 0 Å². The Kier molecular flexibility index (Phi) is 8.15. The Morgan fingerprint density at radius 1 is 0.833 bits per heavy atom. The molecule has 1 heterocycles. The molecule has 8 nitrogen and oxygen atoms in total. The van der Waals surface area contributed by atoms with Gasteiger partial charge in [-0.15, -0.1) is 0 Å². The first-order chi connectivity index (χ1) is 14.2. The summed E-state index contributed by atoms with van der Waals surface area (Å²) in [5.74, 6) is 0.623. The van der Waals surface area contributed by atoms with Gasteiger partial charge in [-0.2, -0.15) is 0 Å². The van der Waals surface area contributed by atoms with Gasteiger partial charge < -0.3 is 24.3 Å². The molecular weight excluding hydrogens is 388 g/mol. The van der Waals surface area contributed by atoms with Crippen LogP contribution < -0.4 is 10.2 Å². The predicted molar refractivity (Wildman–Crippen MR) is 112 cm³/mol. The van der Waals surface area contributed by atoms with E-state index >= 15 is 0 Å². The average Bonchev–Trinajstić information content (AvgIpc) is 2.69. The van der Waals surface area contributed by atoms with Gasteiger partial charge in [-0.05, 0) is 37.8 Å². The Labute approximate surface area is 177 Å². The second-order valence-electron chi connectivity index (χ2n) is 7.77. The molecule has 1 aliphatic rings. The highest BCUT2D eigenvalue weighted by Gasteiger charge is 2.32. The van der Waals surface area contributed by atoms with Crippen LogP contribution in [0.1, 0.15) is 41.5 Å². The van der Waals surface area contributed by atoms with Crippen molar-refractivity contribution in [2.24, 2.45) is 11.8 Å². The number of carbonyl (C=O) groups is 2. The molecule has 2 rings (SSSR count). The SMILES string of the molecule is CC1=C(OC(=O)OCC(C)C)N(c2ccccc2)C(OC(=O)OCC(C)C)=C(C)N1. The van der Waals surface area contributed by atoms with Crippen LogP contribution in [0.5, 0.6) is 0 Å². The fourth-order valence-electron chi connectivity index (χ4n) is 2.56. The van der Waals surface area contributed by atoms with E-state index in [9.17, 15) is 9.59 Å². The lowest BCUT2D eigenvalue weighted by Crippen LogP contribution is -2.37. The van der Waals surface area contributed by atoms with Crippen molar-refractivity contribution < 1.29 is 28.5 Å². The van der Waals surface area contributed by atoms with E-state index in [1.165, 1.54) is 4.90 Å². The van der Waals surface area contributed by atoms with Gasteiger partial charge in [0.2, 0.25) is 11.8 Å². The second-order valence-corrected chi connectivity index (χ2v) is 7.77. The fourth-order valence-corrected chi connectivity index (χ4v) is 2.56. The minimum absolute atomic E-state index is 0.146. The molecular formula is C22H30N2O6. The van der Waals surface area contributed by atoms with Gasteiger partial charge in [0, 0.05) is 0 Å². The maximum absolute atomic E-state index is 12.2. The first-order valence-corrected chi connectivity index (χ1v) is 9.92. The molecule has 0 spiro atoms. The number of para-hydroxylation sites is 1. The van der Waals surface area contributed by atoms with Gasteiger partial charge in [0.1, 0.15) is 0 Å². The van der Waals surface area contributed by atoms with Crippen LogP contribution in [0.3, 0.4) is 0 Å². The van der Waals surface area contributed by atoms with Crippen molar-refractivity contribution in [3.8, 4) is 0 Å². The molecule has 0 radical (unpaired) electrons. The number of carbonyl (C=O) groups excluding carboxylic acids is 2. The third-order valence-electron chi connectivity index (χ3n) is 3.87. The van der Waals surface area contributed by atoms with Crippen LogP contribution in [-0.2, 0) is 18.9 Å². The third-order valence-corrected chi connectivity index (χ3v) is 3.87. The minimum atomic E-state index is -0.845. The number of rotatable bonds is 7. The van der Waals surface area contributed by atoms with Crippen LogP contribution in [0.25, 0.3) is 0 Å². The van der Waals surface area contributed by atoms with E-state index in [4.69, 9.17) is 18.9 Å². The molecule has 0 aliphatic carbocycles. The van der Waals surface area contributed by atoms with Crippen molar-refractivity contribution in [1.82, 2.24) is 5.32 Å². The lowest BCUT2D eigenvalue weighted by atomic mass is 10.2. The van der Waals surface area contributed by atoms with E-state index < -0.39 is 12.3 Å².